The lowest BCUT2D eigenvalue weighted by molar-refractivity contribution is -0.192. The topological polar surface area (TPSA) is 132 Å². The van der Waals surface area contributed by atoms with Crippen LogP contribution in [0.25, 0.3) is 22.1 Å². The van der Waals surface area contributed by atoms with Gasteiger partial charge in [-0.3, -0.25) is 0 Å². The zero-order chi connectivity index (χ0) is 22.2. The van der Waals surface area contributed by atoms with Crippen molar-refractivity contribution in [1.29, 1.82) is 0 Å². The Hall–Kier alpha value is -2.50. The van der Waals surface area contributed by atoms with Crippen molar-refractivity contribution < 1.29 is 27.5 Å². The number of benzene rings is 1. The highest BCUT2D eigenvalue weighted by atomic mass is 35.5. The molecule has 8 nitrogen and oxygen atoms in total. The number of hydrogen-bond donors (Lipinski definition) is 3. The first-order chi connectivity index (χ1) is 14.0. The summed E-state index contributed by atoms with van der Waals surface area (Å²) in [5.74, 6) is -1.93. The summed E-state index contributed by atoms with van der Waals surface area (Å²) in [7, 11) is 0. The molecule has 1 fully saturated rings. The first-order valence-corrected chi connectivity index (χ1v) is 9.39. The lowest BCUT2D eigenvalue weighted by Gasteiger charge is -2.31. The molecule has 0 bridgehead atoms. The van der Waals surface area contributed by atoms with Crippen molar-refractivity contribution in [3.05, 3.63) is 22.2 Å². The smallest absolute Gasteiger partial charge is 0.475 e. The van der Waals surface area contributed by atoms with Crippen LogP contribution < -0.4 is 16.4 Å². The lowest BCUT2D eigenvalue weighted by atomic mass is 10.1. The van der Waals surface area contributed by atoms with Gasteiger partial charge >= 0.3 is 12.1 Å². The van der Waals surface area contributed by atoms with Crippen LogP contribution in [0.2, 0.25) is 10.0 Å². The molecule has 4 rings (SSSR count). The molecule has 2 aromatic heterocycles. The zero-order valence-electron chi connectivity index (χ0n) is 15.2. The van der Waals surface area contributed by atoms with Gasteiger partial charge in [-0.2, -0.15) is 18.2 Å². The van der Waals surface area contributed by atoms with Crippen LogP contribution in [0.1, 0.15) is 12.8 Å². The molecule has 30 heavy (non-hydrogen) atoms. The largest absolute Gasteiger partial charge is 0.490 e. The van der Waals surface area contributed by atoms with Crippen LogP contribution in [0, 0.1) is 0 Å². The van der Waals surface area contributed by atoms with E-state index in [-0.39, 0.29) is 12.0 Å². The van der Waals surface area contributed by atoms with E-state index in [1.165, 1.54) is 0 Å². The Morgan fingerprint density at radius 2 is 1.97 bits per heavy atom. The highest BCUT2D eigenvalue weighted by Gasteiger charge is 2.38. The molecule has 0 amide bonds. The van der Waals surface area contributed by atoms with E-state index < -0.39 is 12.1 Å². The molecule has 0 radical (unpaired) electrons. The predicted molar refractivity (Wildman–Crippen MR) is 107 cm³/mol. The first kappa shape index (κ1) is 22.2. The van der Waals surface area contributed by atoms with E-state index in [9.17, 15) is 13.2 Å². The summed E-state index contributed by atoms with van der Waals surface area (Å²) in [6, 6.07) is 3.58. The first-order valence-electron chi connectivity index (χ1n) is 8.63. The van der Waals surface area contributed by atoms with Crippen LogP contribution in [0.15, 0.2) is 16.5 Å². The summed E-state index contributed by atoms with van der Waals surface area (Å²) in [6.07, 6.45) is -3.08. The number of aromatic nitrogens is 2. The number of carboxylic acids is 1. The Labute approximate surface area is 177 Å². The standard InChI is InChI=1S/C15H15Cl2N5O.C2HF3O2/c16-8-3-4-9-10(11(8)17)12-13(23-9)14(21-15(19)20-12)22-5-1-2-7(18)6-22;3-2(4,5)1(6)7/h3-4,7H,1-2,5-6,18H2,(H2,19,20,21);(H,6,7)/t7-;/m0./s1. The second kappa shape index (κ2) is 8.32. The molecule has 13 heteroatoms. The van der Waals surface area contributed by atoms with Gasteiger partial charge in [-0.05, 0) is 25.0 Å². The van der Waals surface area contributed by atoms with Gasteiger partial charge < -0.3 is 25.9 Å². The lowest BCUT2D eigenvalue weighted by Crippen LogP contribution is -2.43. The maximum absolute atomic E-state index is 10.6. The minimum Gasteiger partial charge on any atom is -0.475 e. The van der Waals surface area contributed by atoms with E-state index >= 15 is 0 Å². The molecule has 1 aliphatic heterocycles. The number of carboxylic acid groups (broad SMARTS) is 1. The molecule has 5 N–H and O–H groups in total. The van der Waals surface area contributed by atoms with Gasteiger partial charge in [0.05, 0.1) is 15.4 Å². The molecule has 0 saturated carbocycles. The molecule has 0 aliphatic carbocycles. The average molecular weight is 466 g/mol. The minimum atomic E-state index is -5.08. The summed E-state index contributed by atoms with van der Waals surface area (Å²) >= 11 is 12.5. The molecule has 162 valence electrons. The number of nitrogen functional groups attached to an aromatic ring is 1. The maximum atomic E-state index is 10.6. The highest BCUT2D eigenvalue weighted by molar-refractivity contribution is 6.46. The van der Waals surface area contributed by atoms with Crippen LogP contribution in [-0.2, 0) is 4.79 Å². The number of nitrogens with two attached hydrogens (primary N) is 2. The summed E-state index contributed by atoms with van der Waals surface area (Å²) < 4.78 is 37.7. The number of halogens is 5. The number of hydrogen-bond acceptors (Lipinski definition) is 7. The normalized spacial score (nSPS) is 17.1. The molecule has 3 heterocycles. The van der Waals surface area contributed by atoms with E-state index in [1.54, 1.807) is 12.1 Å². The van der Waals surface area contributed by atoms with Crippen molar-refractivity contribution in [2.24, 2.45) is 5.73 Å². The average Bonchev–Trinajstić information content (AvgIpc) is 3.03. The maximum Gasteiger partial charge on any atom is 0.490 e. The molecule has 1 atom stereocenters. The van der Waals surface area contributed by atoms with E-state index in [0.717, 1.165) is 19.4 Å². The van der Waals surface area contributed by atoms with Crippen LogP contribution in [-0.4, -0.2) is 46.4 Å². The van der Waals surface area contributed by atoms with Crippen molar-refractivity contribution in [2.45, 2.75) is 25.1 Å². The monoisotopic (exact) mass is 465 g/mol. The summed E-state index contributed by atoms with van der Waals surface area (Å²) in [5, 5.41) is 8.63. The van der Waals surface area contributed by atoms with Crippen molar-refractivity contribution in [3.8, 4) is 0 Å². The molecule has 1 aromatic carbocycles. The molecule has 1 saturated heterocycles. The third kappa shape index (κ3) is 4.47. The van der Waals surface area contributed by atoms with E-state index in [2.05, 4.69) is 14.9 Å². The Kier molecular flexibility index (Phi) is 6.16. The molecule has 3 aromatic rings. The van der Waals surface area contributed by atoms with E-state index in [0.29, 0.717) is 44.5 Å². The SMILES string of the molecule is Nc1nc(N2CCC[C@H](N)C2)c2oc3ccc(Cl)c(Cl)c3c2n1.O=C(O)C(F)(F)F. The molecular weight excluding hydrogens is 450 g/mol. The van der Waals surface area contributed by atoms with Gasteiger partial charge in [0.2, 0.25) is 5.95 Å². The van der Waals surface area contributed by atoms with Crippen LogP contribution >= 0.6 is 23.2 Å². The second-order valence-electron chi connectivity index (χ2n) is 6.57. The summed E-state index contributed by atoms with van der Waals surface area (Å²) in [4.78, 5) is 19.7. The molecular formula is C17H16Cl2F3N5O3. The van der Waals surface area contributed by atoms with Crippen LogP contribution in [0.3, 0.4) is 0 Å². The van der Waals surface area contributed by atoms with Crippen molar-refractivity contribution in [1.82, 2.24) is 9.97 Å². The fraction of sp³-hybridized carbons (Fsp3) is 0.353. The molecule has 1 aliphatic rings. The van der Waals surface area contributed by atoms with Crippen molar-refractivity contribution in [3.63, 3.8) is 0 Å². The fourth-order valence-electron chi connectivity index (χ4n) is 3.08. The van der Waals surface area contributed by atoms with E-state index in [1.807, 2.05) is 0 Å². The Bertz CT molecular complexity index is 1110. The number of piperidine rings is 1. The number of nitrogens with zero attached hydrogens (tertiary/aromatic N) is 3. The Balaban J connectivity index is 0.000000318. The van der Waals surface area contributed by atoms with Crippen molar-refractivity contribution in [2.75, 3.05) is 23.7 Å². The van der Waals surface area contributed by atoms with Crippen molar-refractivity contribution >= 4 is 63.0 Å². The van der Waals surface area contributed by atoms with E-state index in [4.69, 9.17) is 49.0 Å². The number of rotatable bonds is 1. The Morgan fingerprint density at radius 1 is 1.30 bits per heavy atom. The predicted octanol–water partition coefficient (Wildman–Crippen LogP) is 3.83. The molecule has 0 spiro atoms. The number of furan rings is 1. The highest BCUT2D eigenvalue weighted by Crippen LogP contribution is 2.40. The second-order valence-corrected chi connectivity index (χ2v) is 7.36. The van der Waals surface area contributed by atoms with Gasteiger partial charge in [0.25, 0.3) is 0 Å². The quantitative estimate of drug-likeness (QED) is 0.493. The number of anilines is 2. The van der Waals surface area contributed by atoms with Gasteiger partial charge in [0.1, 0.15) is 11.1 Å². The number of carbonyl (C=O) groups is 1. The van der Waals surface area contributed by atoms with Crippen LogP contribution in [0.5, 0.6) is 0 Å². The number of aliphatic carboxylic acids is 1. The van der Waals surface area contributed by atoms with Gasteiger partial charge in [-0.15, -0.1) is 0 Å². The van der Waals surface area contributed by atoms with Gasteiger partial charge in [0.15, 0.2) is 11.4 Å². The van der Waals surface area contributed by atoms with Gasteiger partial charge in [0, 0.05) is 19.1 Å². The Morgan fingerprint density at radius 3 is 2.57 bits per heavy atom. The zero-order valence-corrected chi connectivity index (χ0v) is 16.7. The third-order valence-electron chi connectivity index (χ3n) is 4.37. The summed E-state index contributed by atoms with van der Waals surface area (Å²) in [6.45, 7) is 1.56. The van der Waals surface area contributed by atoms with Crippen LogP contribution in [0.4, 0.5) is 24.9 Å². The number of alkyl halides is 3. The molecule has 0 unspecified atom stereocenters. The van der Waals surface area contributed by atoms with Gasteiger partial charge in [-0.1, -0.05) is 23.2 Å². The van der Waals surface area contributed by atoms with Gasteiger partial charge in [-0.25, -0.2) is 9.78 Å². The number of fused-ring (bicyclic) bond motifs is 3. The summed E-state index contributed by atoms with van der Waals surface area (Å²) in [5.41, 5.74) is 13.7. The minimum absolute atomic E-state index is 0.109. The third-order valence-corrected chi connectivity index (χ3v) is 5.17. The fourth-order valence-corrected chi connectivity index (χ4v) is 3.49.